The Morgan fingerprint density at radius 1 is 1.14 bits per heavy atom. The fourth-order valence-corrected chi connectivity index (χ4v) is 3.05. The maximum atomic E-state index is 11.9. The molecule has 0 amide bonds. The van der Waals surface area contributed by atoms with Gasteiger partial charge in [0.2, 0.25) is 0 Å². The van der Waals surface area contributed by atoms with E-state index in [-0.39, 0.29) is 12.7 Å². The van der Waals surface area contributed by atoms with E-state index in [0.717, 1.165) is 6.08 Å². The third-order valence-corrected chi connectivity index (χ3v) is 5.00. The van der Waals surface area contributed by atoms with E-state index >= 15 is 0 Å². The molecule has 2 rings (SSSR count). The lowest BCUT2D eigenvalue weighted by Gasteiger charge is -2.45. The molecule has 29 heavy (non-hydrogen) atoms. The van der Waals surface area contributed by atoms with Crippen molar-refractivity contribution in [2.24, 2.45) is 0 Å². The minimum atomic E-state index is -1.47. The number of allylic oxidation sites excluding steroid dienone is 1. The molecule has 0 bridgehead atoms. The van der Waals surface area contributed by atoms with Crippen molar-refractivity contribution < 1.29 is 48.9 Å². The standard InChI is InChI=1S/C19H32O10/c1-5-7-12(21)28-16-14(23)11(20)8-25-18(16)29-17-15(24)13(22)10(4)27-19(17)26-9(3)6-2/h5,7,9-11,13-20,22-24H,6,8H2,1-4H3. The minimum absolute atomic E-state index is 0.219. The molecular formula is C19H32O10. The molecule has 10 unspecified atom stereocenters. The predicted molar refractivity (Wildman–Crippen MR) is 98.5 cm³/mol. The van der Waals surface area contributed by atoms with Crippen molar-refractivity contribution >= 4 is 5.97 Å². The molecule has 2 fully saturated rings. The fourth-order valence-electron chi connectivity index (χ4n) is 3.05. The second-order valence-electron chi connectivity index (χ2n) is 7.31. The van der Waals surface area contributed by atoms with Gasteiger partial charge in [-0.2, -0.15) is 0 Å². The minimum Gasteiger partial charge on any atom is -0.451 e. The van der Waals surface area contributed by atoms with E-state index in [1.54, 1.807) is 13.8 Å². The fraction of sp³-hybridized carbons (Fsp3) is 0.842. The van der Waals surface area contributed by atoms with E-state index in [0.29, 0.717) is 6.42 Å². The predicted octanol–water partition coefficient (Wildman–Crippen LogP) is -0.781. The van der Waals surface area contributed by atoms with Crippen LogP contribution in [-0.4, -0.2) is 94.4 Å². The maximum absolute atomic E-state index is 11.9. The summed E-state index contributed by atoms with van der Waals surface area (Å²) in [5.41, 5.74) is 0. The highest BCUT2D eigenvalue weighted by molar-refractivity contribution is 5.82. The van der Waals surface area contributed by atoms with E-state index in [1.807, 2.05) is 13.8 Å². The number of esters is 1. The molecular weight excluding hydrogens is 388 g/mol. The molecule has 2 saturated heterocycles. The molecule has 0 aromatic rings. The van der Waals surface area contributed by atoms with Gasteiger partial charge in [-0.1, -0.05) is 13.0 Å². The molecule has 4 N–H and O–H groups in total. The SMILES string of the molecule is CC=CC(=O)OC1C(OC2C(OC(C)CC)OC(C)C(O)C2O)OCC(O)C1O. The first-order valence-electron chi connectivity index (χ1n) is 9.83. The van der Waals surface area contributed by atoms with Crippen molar-refractivity contribution in [1.29, 1.82) is 0 Å². The van der Waals surface area contributed by atoms with Crippen LogP contribution in [0.15, 0.2) is 12.2 Å². The largest absolute Gasteiger partial charge is 0.451 e. The van der Waals surface area contributed by atoms with Crippen LogP contribution < -0.4 is 0 Å². The molecule has 168 valence electrons. The summed E-state index contributed by atoms with van der Waals surface area (Å²) in [6, 6.07) is 0. The zero-order chi connectivity index (χ0) is 21.7. The summed E-state index contributed by atoms with van der Waals surface area (Å²) in [6.45, 7) is 6.67. The summed E-state index contributed by atoms with van der Waals surface area (Å²) in [5.74, 6) is -0.760. The van der Waals surface area contributed by atoms with Crippen LogP contribution in [0.5, 0.6) is 0 Å². The number of carbonyl (C=O) groups excluding carboxylic acids is 1. The van der Waals surface area contributed by atoms with Crippen LogP contribution in [0, 0.1) is 0 Å². The van der Waals surface area contributed by atoms with Gasteiger partial charge >= 0.3 is 5.97 Å². The number of hydrogen-bond acceptors (Lipinski definition) is 10. The van der Waals surface area contributed by atoms with Crippen LogP contribution in [0.25, 0.3) is 0 Å². The molecule has 10 nitrogen and oxygen atoms in total. The zero-order valence-electron chi connectivity index (χ0n) is 17.1. The van der Waals surface area contributed by atoms with Gasteiger partial charge in [0.05, 0.1) is 18.8 Å². The number of ether oxygens (including phenoxy) is 5. The lowest BCUT2D eigenvalue weighted by Crippen LogP contribution is -2.62. The monoisotopic (exact) mass is 420 g/mol. The summed E-state index contributed by atoms with van der Waals surface area (Å²) in [4.78, 5) is 11.9. The first-order chi connectivity index (χ1) is 13.7. The van der Waals surface area contributed by atoms with E-state index < -0.39 is 61.3 Å². The van der Waals surface area contributed by atoms with Crippen LogP contribution in [0.3, 0.4) is 0 Å². The number of carbonyl (C=O) groups is 1. The van der Waals surface area contributed by atoms with Crippen LogP contribution in [-0.2, 0) is 28.5 Å². The van der Waals surface area contributed by atoms with Gasteiger partial charge in [-0.3, -0.25) is 0 Å². The van der Waals surface area contributed by atoms with E-state index in [4.69, 9.17) is 23.7 Å². The Morgan fingerprint density at radius 3 is 2.45 bits per heavy atom. The lowest BCUT2D eigenvalue weighted by molar-refractivity contribution is -0.358. The smallest absolute Gasteiger partial charge is 0.330 e. The van der Waals surface area contributed by atoms with Crippen molar-refractivity contribution in [3.8, 4) is 0 Å². The van der Waals surface area contributed by atoms with Gasteiger partial charge in [0.1, 0.15) is 30.5 Å². The Bertz CT molecular complexity index is 553. The highest BCUT2D eigenvalue weighted by Crippen LogP contribution is 2.29. The molecule has 10 heteroatoms. The summed E-state index contributed by atoms with van der Waals surface area (Å²) in [5, 5.41) is 40.9. The van der Waals surface area contributed by atoms with Crippen molar-refractivity contribution in [3.05, 3.63) is 12.2 Å². The number of aliphatic hydroxyl groups is 4. The number of hydrogen-bond donors (Lipinski definition) is 4. The van der Waals surface area contributed by atoms with Crippen LogP contribution in [0.2, 0.25) is 0 Å². The molecule has 0 aliphatic carbocycles. The number of rotatable bonds is 7. The zero-order valence-corrected chi connectivity index (χ0v) is 17.1. The first-order valence-corrected chi connectivity index (χ1v) is 9.83. The molecule has 2 heterocycles. The molecule has 0 saturated carbocycles. The Hall–Kier alpha value is -1.11. The first kappa shape index (κ1) is 24.2. The Balaban J connectivity index is 2.20. The summed E-state index contributed by atoms with van der Waals surface area (Å²) >= 11 is 0. The van der Waals surface area contributed by atoms with Crippen LogP contribution in [0.1, 0.15) is 34.1 Å². The lowest BCUT2D eigenvalue weighted by atomic mass is 9.99. The molecule has 0 spiro atoms. The molecule has 0 aromatic carbocycles. The highest BCUT2D eigenvalue weighted by Gasteiger charge is 2.49. The van der Waals surface area contributed by atoms with Gasteiger partial charge in [-0.05, 0) is 27.2 Å². The van der Waals surface area contributed by atoms with Gasteiger partial charge in [-0.15, -0.1) is 0 Å². The average molecular weight is 420 g/mol. The second-order valence-corrected chi connectivity index (χ2v) is 7.31. The third-order valence-electron chi connectivity index (χ3n) is 5.00. The summed E-state index contributed by atoms with van der Waals surface area (Å²) in [6.07, 6.45) is -7.95. The van der Waals surface area contributed by atoms with Crippen LogP contribution >= 0.6 is 0 Å². The quantitative estimate of drug-likeness (QED) is 0.306. The van der Waals surface area contributed by atoms with Gasteiger partial charge in [0.15, 0.2) is 18.7 Å². The average Bonchev–Trinajstić information content (AvgIpc) is 2.68. The molecule has 2 aliphatic rings. The van der Waals surface area contributed by atoms with E-state index in [9.17, 15) is 25.2 Å². The Morgan fingerprint density at radius 2 is 1.83 bits per heavy atom. The van der Waals surface area contributed by atoms with Crippen molar-refractivity contribution in [2.75, 3.05) is 6.61 Å². The van der Waals surface area contributed by atoms with Crippen LogP contribution in [0.4, 0.5) is 0 Å². The Labute approximate surface area is 170 Å². The van der Waals surface area contributed by atoms with Crippen molar-refractivity contribution in [3.63, 3.8) is 0 Å². The summed E-state index contributed by atoms with van der Waals surface area (Å²) in [7, 11) is 0. The van der Waals surface area contributed by atoms with E-state index in [2.05, 4.69) is 0 Å². The van der Waals surface area contributed by atoms with E-state index in [1.165, 1.54) is 6.08 Å². The van der Waals surface area contributed by atoms with Gasteiger partial charge in [0.25, 0.3) is 0 Å². The maximum Gasteiger partial charge on any atom is 0.330 e. The van der Waals surface area contributed by atoms with Crippen molar-refractivity contribution in [1.82, 2.24) is 0 Å². The molecule has 10 atom stereocenters. The normalized spacial score (nSPS) is 42.0. The third kappa shape index (κ3) is 5.96. The number of aliphatic hydroxyl groups excluding tert-OH is 4. The highest BCUT2D eigenvalue weighted by atomic mass is 16.8. The molecule has 2 aliphatic heterocycles. The molecule has 0 aromatic heterocycles. The Kier molecular flexibility index (Phi) is 8.98. The summed E-state index contributed by atoms with van der Waals surface area (Å²) < 4.78 is 27.8. The topological polar surface area (TPSA) is 144 Å². The van der Waals surface area contributed by atoms with Gasteiger partial charge in [0, 0.05) is 6.08 Å². The molecule has 0 radical (unpaired) electrons. The second kappa shape index (κ2) is 10.8. The van der Waals surface area contributed by atoms with Gasteiger partial charge in [-0.25, -0.2) is 4.79 Å². The van der Waals surface area contributed by atoms with Crippen molar-refractivity contribution in [2.45, 2.75) is 95.5 Å². The van der Waals surface area contributed by atoms with Gasteiger partial charge < -0.3 is 44.1 Å².